The molecular formula is C20H22ClN3O4. The first-order valence-electron chi connectivity index (χ1n) is 8.87. The van der Waals surface area contributed by atoms with Crippen molar-refractivity contribution in [2.24, 2.45) is 0 Å². The highest BCUT2D eigenvalue weighted by Gasteiger charge is 2.27. The van der Waals surface area contributed by atoms with Gasteiger partial charge < -0.3 is 10.2 Å². The molecule has 0 heterocycles. The summed E-state index contributed by atoms with van der Waals surface area (Å²) in [6.07, 6.45) is -0.172. The van der Waals surface area contributed by atoms with Gasteiger partial charge in [-0.15, -0.1) is 0 Å². The highest BCUT2D eigenvalue weighted by atomic mass is 35.5. The van der Waals surface area contributed by atoms with Gasteiger partial charge in [0.25, 0.3) is 5.69 Å². The van der Waals surface area contributed by atoms with Crippen LogP contribution in [0, 0.1) is 10.1 Å². The summed E-state index contributed by atoms with van der Waals surface area (Å²) < 4.78 is 0. The predicted octanol–water partition coefficient (Wildman–Crippen LogP) is 3.34. The average molecular weight is 404 g/mol. The first-order valence-corrected chi connectivity index (χ1v) is 9.25. The molecule has 0 radical (unpaired) electrons. The molecule has 7 nitrogen and oxygen atoms in total. The normalized spacial score (nSPS) is 11.5. The fraction of sp³-hybridized carbons (Fsp3) is 0.300. The molecule has 0 spiro atoms. The number of halogens is 1. The molecule has 0 aliphatic carbocycles. The predicted molar refractivity (Wildman–Crippen MR) is 107 cm³/mol. The Labute approximate surface area is 168 Å². The van der Waals surface area contributed by atoms with E-state index in [2.05, 4.69) is 5.32 Å². The smallest absolute Gasteiger partial charge is 0.273 e. The molecule has 0 bridgehead atoms. The van der Waals surface area contributed by atoms with Gasteiger partial charge in [-0.3, -0.25) is 19.7 Å². The summed E-state index contributed by atoms with van der Waals surface area (Å²) in [6, 6.07) is 12.3. The molecule has 0 aromatic heterocycles. The van der Waals surface area contributed by atoms with E-state index in [1.165, 1.54) is 11.0 Å². The lowest BCUT2D eigenvalue weighted by atomic mass is 10.1. The number of carbonyl (C=O) groups excluding carboxylic acids is 2. The number of rotatable bonds is 8. The largest absolute Gasteiger partial charge is 0.355 e. The number of nitro benzene ring substituents is 1. The summed E-state index contributed by atoms with van der Waals surface area (Å²) in [5, 5.41) is 14.5. The van der Waals surface area contributed by atoms with Crippen LogP contribution < -0.4 is 5.32 Å². The van der Waals surface area contributed by atoms with Crippen molar-refractivity contribution in [2.45, 2.75) is 32.9 Å². The van der Waals surface area contributed by atoms with E-state index < -0.39 is 11.0 Å². The van der Waals surface area contributed by atoms with Gasteiger partial charge in [-0.1, -0.05) is 41.9 Å². The van der Waals surface area contributed by atoms with Gasteiger partial charge in [0.05, 0.1) is 11.3 Å². The third-order valence-electron chi connectivity index (χ3n) is 4.31. The molecule has 8 heteroatoms. The van der Waals surface area contributed by atoms with Crippen molar-refractivity contribution < 1.29 is 14.5 Å². The zero-order valence-corrected chi connectivity index (χ0v) is 16.5. The Kier molecular flexibility index (Phi) is 7.52. The third-order valence-corrected chi connectivity index (χ3v) is 4.57. The van der Waals surface area contributed by atoms with Crippen molar-refractivity contribution in [3.8, 4) is 0 Å². The molecular weight excluding hydrogens is 382 g/mol. The number of nitrogens with zero attached hydrogens (tertiary/aromatic N) is 2. The Morgan fingerprint density at radius 3 is 2.43 bits per heavy atom. The maximum atomic E-state index is 13.0. The molecule has 1 N–H and O–H groups in total. The van der Waals surface area contributed by atoms with E-state index in [-0.39, 0.29) is 30.5 Å². The minimum absolute atomic E-state index is 0.118. The zero-order chi connectivity index (χ0) is 20.7. The lowest BCUT2D eigenvalue weighted by molar-refractivity contribution is -0.385. The van der Waals surface area contributed by atoms with E-state index in [0.29, 0.717) is 17.1 Å². The fourth-order valence-electron chi connectivity index (χ4n) is 2.79. The topological polar surface area (TPSA) is 92.6 Å². The zero-order valence-electron chi connectivity index (χ0n) is 15.7. The summed E-state index contributed by atoms with van der Waals surface area (Å²) in [7, 11) is 0. The number of likely N-dealkylation sites (N-methyl/N-ethyl adjacent to an activating group) is 1. The lowest BCUT2D eigenvalue weighted by Crippen LogP contribution is -2.48. The summed E-state index contributed by atoms with van der Waals surface area (Å²) in [5.41, 5.74) is 0.992. The van der Waals surface area contributed by atoms with Crippen LogP contribution in [0.5, 0.6) is 0 Å². The molecule has 1 atom stereocenters. The van der Waals surface area contributed by atoms with Gasteiger partial charge in [-0.05, 0) is 31.5 Å². The molecule has 0 fully saturated rings. The van der Waals surface area contributed by atoms with E-state index in [1.54, 1.807) is 56.3 Å². The number of carbonyl (C=O) groups is 2. The van der Waals surface area contributed by atoms with Gasteiger partial charge in [0.15, 0.2) is 0 Å². The number of hydrogen-bond acceptors (Lipinski definition) is 4. The minimum atomic E-state index is -0.731. The van der Waals surface area contributed by atoms with Crippen molar-refractivity contribution in [3.05, 3.63) is 74.8 Å². The van der Waals surface area contributed by atoms with Crippen LogP contribution >= 0.6 is 11.6 Å². The highest BCUT2D eigenvalue weighted by Crippen LogP contribution is 2.20. The van der Waals surface area contributed by atoms with Crippen LogP contribution in [0.2, 0.25) is 5.02 Å². The molecule has 2 rings (SSSR count). The Bertz CT molecular complexity index is 855. The molecule has 0 aliphatic heterocycles. The molecule has 2 aromatic rings. The van der Waals surface area contributed by atoms with Crippen LogP contribution in [0.4, 0.5) is 5.69 Å². The second-order valence-corrected chi connectivity index (χ2v) is 6.72. The molecule has 148 valence electrons. The number of amides is 2. The quantitative estimate of drug-likeness (QED) is 0.540. The molecule has 0 saturated carbocycles. The second kappa shape index (κ2) is 9.85. The lowest BCUT2D eigenvalue weighted by Gasteiger charge is -2.28. The van der Waals surface area contributed by atoms with E-state index in [9.17, 15) is 19.7 Å². The average Bonchev–Trinajstić information content (AvgIpc) is 2.67. The molecule has 0 saturated heterocycles. The third kappa shape index (κ3) is 5.53. The fourth-order valence-corrected chi connectivity index (χ4v) is 2.92. The van der Waals surface area contributed by atoms with Gasteiger partial charge >= 0.3 is 0 Å². The maximum absolute atomic E-state index is 13.0. The summed E-state index contributed by atoms with van der Waals surface area (Å²) in [6.45, 7) is 4.06. The van der Waals surface area contributed by atoms with Crippen LogP contribution in [0.3, 0.4) is 0 Å². The SMILES string of the molecule is CCNC(=O)[C@H](C)N(Cc1ccc(Cl)cc1)C(=O)Cc1ccccc1[N+](=O)[O-]. The Morgan fingerprint density at radius 2 is 1.82 bits per heavy atom. The van der Waals surface area contributed by atoms with Crippen molar-refractivity contribution in [1.82, 2.24) is 10.2 Å². The van der Waals surface area contributed by atoms with Crippen molar-refractivity contribution in [3.63, 3.8) is 0 Å². The van der Waals surface area contributed by atoms with E-state index in [0.717, 1.165) is 5.56 Å². The standard InChI is InChI=1S/C20H22ClN3O4/c1-3-22-20(26)14(2)23(13-15-8-10-17(21)11-9-15)19(25)12-16-6-4-5-7-18(16)24(27)28/h4-11,14H,3,12-13H2,1-2H3,(H,22,26)/t14-/m0/s1. The number of para-hydroxylation sites is 1. The maximum Gasteiger partial charge on any atom is 0.273 e. The molecule has 2 aromatic carbocycles. The van der Waals surface area contributed by atoms with Crippen molar-refractivity contribution in [2.75, 3.05) is 6.54 Å². The van der Waals surface area contributed by atoms with Gasteiger partial charge in [0.2, 0.25) is 11.8 Å². The number of nitrogens with one attached hydrogen (secondary N) is 1. The van der Waals surface area contributed by atoms with Gasteiger partial charge in [0.1, 0.15) is 6.04 Å². The Balaban J connectivity index is 2.29. The molecule has 28 heavy (non-hydrogen) atoms. The summed E-state index contributed by atoms with van der Waals surface area (Å²) in [5.74, 6) is -0.657. The first-order chi connectivity index (χ1) is 13.3. The second-order valence-electron chi connectivity index (χ2n) is 6.28. The highest BCUT2D eigenvalue weighted by molar-refractivity contribution is 6.30. The number of benzene rings is 2. The van der Waals surface area contributed by atoms with Gasteiger partial charge in [0, 0.05) is 29.7 Å². The van der Waals surface area contributed by atoms with Crippen molar-refractivity contribution >= 4 is 29.1 Å². The Morgan fingerprint density at radius 1 is 1.18 bits per heavy atom. The van der Waals surface area contributed by atoms with Crippen LogP contribution in [0.1, 0.15) is 25.0 Å². The van der Waals surface area contributed by atoms with Crippen LogP contribution in [-0.2, 0) is 22.6 Å². The van der Waals surface area contributed by atoms with Crippen LogP contribution in [-0.4, -0.2) is 34.2 Å². The monoisotopic (exact) mass is 403 g/mol. The van der Waals surface area contributed by atoms with E-state index in [4.69, 9.17) is 11.6 Å². The first kappa shape index (κ1) is 21.4. The van der Waals surface area contributed by atoms with E-state index in [1.807, 2.05) is 0 Å². The molecule has 2 amide bonds. The van der Waals surface area contributed by atoms with Crippen LogP contribution in [0.25, 0.3) is 0 Å². The van der Waals surface area contributed by atoms with Gasteiger partial charge in [-0.2, -0.15) is 0 Å². The molecule has 0 unspecified atom stereocenters. The summed E-state index contributed by atoms with van der Waals surface area (Å²) in [4.78, 5) is 37.5. The van der Waals surface area contributed by atoms with Crippen LogP contribution in [0.15, 0.2) is 48.5 Å². The number of hydrogen-bond donors (Lipinski definition) is 1. The van der Waals surface area contributed by atoms with E-state index >= 15 is 0 Å². The number of nitro groups is 1. The van der Waals surface area contributed by atoms with Crippen molar-refractivity contribution in [1.29, 1.82) is 0 Å². The summed E-state index contributed by atoms with van der Waals surface area (Å²) >= 11 is 5.91. The molecule has 0 aliphatic rings. The minimum Gasteiger partial charge on any atom is -0.355 e. The Hall–Kier alpha value is -2.93. The van der Waals surface area contributed by atoms with Gasteiger partial charge in [-0.25, -0.2) is 0 Å².